The molecule has 1 aromatic rings. The van der Waals surface area contributed by atoms with E-state index in [2.05, 4.69) is 4.90 Å². The number of rotatable bonds is 4. The number of aliphatic hydroxyl groups is 1. The van der Waals surface area contributed by atoms with Crippen LogP contribution in [-0.2, 0) is 0 Å². The molecule has 0 unspecified atom stereocenters. The smallest absolute Gasteiger partial charge is 0.254 e. The van der Waals surface area contributed by atoms with Gasteiger partial charge in [0.25, 0.3) is 5.91 Å². The van der Waals surface area contributed by atoms with Gasteiger partial charge < -0.3 is 19.5 Å². The molecule has 1 saturated carbocycles. The molecular weight excluding hydrogens is 320 g/mol. The van der Waals surface area contributed by atoms with Crippen molar-refractivity contribution < 1.29 is 19.4 Å². The molecule has 0 spiro atoms. The van der Waals surface area contributed by atoms with Crippen LogP contribution in [-0.4, -0.2) is 73.4 Å². The summed E-state index contributed by atoms with van der Waals surface area (Å²) in [6, 6.07) is 3.83. The predicted octanol–water partition coefficient (Wildman–Crippen LogP) is 1.68. The molecule has 6 nitrogen and oxygen atoms in total. The first kappa shape index (κ1) is 18.0. The van der Waals surface area contributed by atoms with Crippen LogP contribution in [0.4, 0.5) is 0 Å². The van der Waals surface area contributed by atoms with Crippen LogP contribution in [0.15, 0.2) is 12.1 Å². The van der Waals surface area contributed by atoms with Crippen molar-refractivity contribution in [1.29, 1.82) is 0 Å². The second kappa shape index (κ2) is 7.62. The van der Waals surface area contributed by atoms with Crippen molar-refractivity contribution in [3.05, 3.63) is 23.3 Å². The maximum absolute atomic E-state index is 12.9. The van der Waals surface area contributed by atoms with E-state index in [1.54, 1.807) is 26.4 Å². The van der Waals surface area contributed by atoms with E-state index in [9.17, 15) is 9.90 Å². The first-order valence-electron chi connectivity index (χ1n) is 8.99. The molecule has 138 valence electrons. The number of amides is 1. The highest BCUT2D eigenvalue weighted by molar-refractivity contribution is 5.95. The third kappa shape index (κ3) is 3.60. The van der Waals surface area contributed by atoms with E-state index in [1.165, 1.54) is 0 Å². The average Bonchev–Trinajstić information content (AvgIpc) is 3.07. The first-order chi connectivity index (χ1) is 12.0. The summed E-state index contributed by atoms with van der Waals surface area (Å²) in [6.45, 7) is 4.90. The summed E-state index contributed by atoms with van der Waals surface area (Å²) in [7, 11) is 3.20. The lowest BCUT2D eigenvalue weighted by Gasteiger charge is -2.39. The lowest BCUT2D eigenvalue weighted by Crippen LogP contribution is -2.53. The molecule has 2 fully saturated rings. The Labute approximate surface area is 149 Å². The van der Waals surface area contributed by atoms with Gasteiger partial charge >= 0.3 is 0 Å². The number of hydrogen-bond acceptors (Lipinski definition) is 5. The summed E-state index contributed by atoms with van der Waals surface area (Å²) in [5.74, 6) is 1.33. The molecule has 3 rings (SSSR count). The Kier molecular flexibility index (Phi) is 5.49. The Morgan fingerprint density at radius 3 is 2.16 bits per heavy atom. The summed E-state index contributed by atoms with van der Waals surface area (Å²) in [5.41, 5.74) is 1.48. The molecule has 1 heterocycles. The maximum atomic E-state index is 12.9. The van der Waals surface area contributed by atoms with Crippen LogP contribution in [0.25, 0.3) is 0 Å². The monoisotopic (exact) mass is 348 g/mol. The number of hydrogen-bond donors (Lipinski definition) is 1. The van der Waals surface area contributed by atoms with Gasteiger partial charge in [0.05, 0.1) is 20.3 Å². The van der Waals surface area contributed by atoms with E-state index in [0.29, 0.717) is 30.2 Å². The van der Waals surface area contributed by atoms with Gasteiger partial charge in [-0.2, -0.15) is 0 Å². The largest absolute Gasteiger partial charge is 0.496 e. The van der Waals surface area contributed by atoms with Crippen LogP contribution in [0.2, 0.25) is 0 Å². The molecule has 1 amide bonds. The zero-order valence-electron chi connectivity index (χ0n) is 15.3. The number of aliphatic hydroxyl groups excluding tert-OH is 1. The zero-order valence-corrected chi connectivity index (χ0v) is 15.3. The summed E-state index contributed by atoms with van der Waals surface area (Å²) < 4.78 is 10.8. The van der Waals surface area contributed by atoms with Gasteiger partial charge in [0, 0.05) is 43.3 Å². The minimum Gasteiger partial charge on any atom is -0.496 e. The quantitative estimate of drug-likeness (QED) is 0.897. The van der Waals surface area contributed by atoms with Gasteiger partial charge in [-0.1, -0.05) is 0 Å². The lowest BCUT2D eigenvalue weighted by molar-refractivity contribution is 0.0315. The summed E-state index contributed by atoms with van der Waals surface area (Å²) in [5, 5.41) is 10.1. The molecule has 1 aliphatic carbocycles. The fourth-order valence-electron chi connectivity index (χ4n) is 4.00. The second-order valence-corrected chi connectivity index (χ2v) is 6.90. The molecule has 2 aliphatic rings. The molecule has 1 saturated heterocycles. The fourth-order valence-corrected chi connectivity index (χ4v) is 4.00. The van der Waals surface area contributed by atoms with Gasteiger partial charge in [-0.15, -0.1) is 0 Å². The third-order valence-corrected chi connectivity index (χ3v) is 5.51. The number of benzene rings is 1. The van der Waals surface area contributed by atoms with Gasteiger partial charge in [-0.05, 0) is 38.3 Å². The van der Waals surface area contributed by atoms with E-state index in [1.807, 2.05) is 11.8 Å². The van der Waals surface area contributed by atoms with Crippen LogP contribution < -0.4 is 9.47 Å². The van der Waals surface area contributed by atoms with Crippen LogP contribution in [0, 0.1) is 6.92 Å². The van der Waals surface area contributed by atoms with Crippen molar-refractivity contribution in [2.24, 2.45) is 0 Å². The lowest BCUT2D eigenvalue weighted by atomic mass is 10.1. The van der Waals surface area contributed by atoms with Crippen LogP contribution in [0.3, 0.4) is 0 Å². The number of methoxy groups -OCH3 is 2. The van der Waals surface area contributed by atoms with Gasteiger partial charge in [0.1, 0.15) is 11.5 Å². The number of ether oxygens (including phenoxy) is 2. The normalized spacial score (nSPS) is 24.4. The van der Waals surface area contributed by atoms with Crippen LogP contribution in [0.1, 0.15) is 35.2 Å². The summed E-state index contributed by atoms with van der Waals surface area (Å²) >= 11 is 0. The number of piperazine rings is 1. The summed E-state index contributed by atoms with van der Waals surface area (Å²) in [4.78, 5) is 17.1. The van der Waals surface area contributed by atoms with Crippen molar-refractivity contribution in [2.75, 3.05) is 40.4 Å². The Hall–Kier alpha value is -1.79. The first-order valence-corrected chi connectivity index (χ1v) is 8.99. The molecule has 1 aromatic carbocycles. The van der Waals surface area contributed by atoms with Crippen molar-refractivity contribution in [2.45, 2.75) is 38.3 Å². The van der Waals surface area contributed by atoms with Gasteiger partial charge in [0.2, 0.25) is 0 Å². The SMILES string of the molecule is COc1cc(C(=O)N2CCN([C@H]3CCC[C@H]3O)CC2)cc(OC)c1C. The molecule has 2 atom stereocenters. The highest BCUT2D eigenvalue weighted by Crippen LogP contribution is 2.30. The third-order valence-electron chi connectivity index (χ3n) is 5.51. The zero-order chi connectivity index (χ0) is 18.0. The molecule has 1 N–H and O–H groups in total. The summed E-state index contributed by atoms with van der Waals surface area (Å²) in [6.07, 6.45) is 2.83. The topological polar surface area (TPSA) is 62.2 Å². The molecule has 0 bridgehead atoms. The fraction of sp³-hybridized carbons (Fsp3) is 0.632. The number of carbonyl (C=O) groups is 1. The van der Waals surface area contributed by atoms with Crippen molar-refractivity contribution in [3.63, 3.8) is 0 Å². The molecule has 6 heteroatoms. The van der Waals surface area contributed by atoms with E-state index >= 15 is 0 Å². The van der Waals surface area contributed by atoms with Crippen LogP contribution >= 0.6 is 0 Å². The van der Waals surface area contributed by atoms with Gasteiger partial charge in [-0.25, -0.2) is 0 Å². The minimum absolute atomic E-state index is 0.00298. The minimum atomic E-state index is -0.215. The second-order valence-electron chi connectivity index (χ2n) is 6.90. The predicted molar refractivity (Wildman–Crippen MR) is 95.4 cm³/mol. The van der Waals surface area contributed by atoms with E-state index < -0.39 is 0 Å². The molecular formula is C19H28N2O4. The standard InChI is InChI=1S/C19H28N2O4/c1-13-17(24-2)11-14(12-18(13)25-3)19(23)21-9-7-20(8-10-21)15-5-4-6-16(15)22/h11-12,15-16,22H,4-10H2,1-3H3/t15-,16+/m0/s1. The number of carbonyl (C=O) groups excluding carboxylic acids is 1. The van der Waals surface area contributed by atoms with E-state index in [0.717, 1.165) is 37.9 Å². The molecule has 25 heavy (non-hydrogen) atoms. The highest BCUT2D eigenvalue weighted by atomic mass is 16.5. The Morgan fingerprint density at radius 1 is 1.08 bits per heavy atom. The van der Waals surface area contributed by atoms with Crippen LogP contribution in [0.5, 0.6) is 11.5 Å². The Balaban J connectivity index is 1.68. The average molecular weight is 348 g/mol. The Bertz CT molecular complexity index is 601. The van der Waals surface area contributed by atoms with E-state index in [-0.39, 0.29) is 18.1 Å². The van der Waals surface area contributed by atoms with Gasteiger partial charge in [0.15, 0.2) is 0 Å². The Morgan fingerprint density at radius 2 is 1.68 bits per heavy atom. The maximum Gasteiger partial charge on any atom is 0.254 e. The highest BCUT2D eigenvalue weighted by Gasteiger charge is 2.33. The molecule has 0 radical (unpaired) electrons. The molecule has 0 aromatic heterocycles. The van der Waals surface area contributed by atoms with Crippen molar-refractivity contribution >= 4 is 5.91 Å². The van der Waals surface area contributed by atoms with Gasteiger partial charge in [-0.3, -0.25) is 9.69 Å². The number of nitrogens with zero attached hydrogens (tertiary/aromatic N) is 2. The van der Waals surface area contributed by atoms with Crippen molar-refractivity contribution in [1.82, 2.24) is 9.80 Å². The van der Waals surface area contributed by atoms with Crippen molar-refractivity contribution in [3.8, 4) is 11.5 Å². The van der Waals surface area contributed by atoms with E-state index in [4.69, 9.17) is 9.47 Å². The molecule has 1 aliphatic heterocycles.